The number of piperazine rings is 1. The summed E-state index contributed by atoms with van der Waals surface area (Å²) in [4.78, 5) is 32.2. The van der Waals surface area contributed by atoms with Crippen LogP contribution in [0.5, 0.6) is 11.5 Å². The second kappa shape index (κ2) is 9.00. The van der Waals surface area contributed by atoms with Gasteiger partial charge in [-0.15, -0.1) is 0 Å². The maximum absolute atomic E-state index is 13.3. The second-order valence-corrected chi connectivity index (χ2v) is 8.35. The maximum Gasteiger partial charge on any atom is 0.416 e. The van der Waals surface area contributed by atoms with Crippen molar-refractivity contribution in [3.8, 4) is 11.5 Å². The zero-order valence-corrected chi connectivity index (χ0v) is 19.0. The monoisotopic (exact) mass is 475 g/mol. The van der Waals surface area contributed by atoms with Crippen molar-refractivity contribution < 1.29 is 32.2 Å². The zero-order chi connectivity index (χ0) is 24.6. The van der Waals surface area contributed by atoms with Crippen molar-refractivity contribution >= 4 is 23.4 Å². The molecule has 180 valence electrons. The van der Waals surface area contributed by atoms with E-state index in [1.165, 1.54) is 13.2 Å². The number of halogens is 3. The number of alkyl halides is 3. The number of amidine groups is 1. The SMILES string of the molecule is COC(=O)CC(=O)N1CCN(C2=Nc3cc(C(F)(F)F)ccc3Oc3ccc(C)cc32)CC1C. The van der Waals surface area contributed by atoms with Gasteiger partial charge in [-0.25, -0.2) is 4.99 Å². The lowest BCUT2D eigenvalue weighted by molar-refractivity contribution is -0.148. The number of benzene rings is 2. The van der Waals surface area contributed by atoms with Crippen LogP contribution < -0.4 is 4.74 Å². The summed E-state index contributed by atoms with van der Waals surface area (Å²) < 4.78 is 50.6. The van der Waals surface area contributed by atoms with E-state index in [-0.39, 0.29) is 29.8 Å². The van der Waals surface area contributed by atoms with Crippen molar-refractivity contribution in [1.29, 1.82) is 0 Å². The third kappa shape index (κ3) is 4.71. The number of hydrogen-bond donors (Lipinski definition) is 0. The van der Waals surface area contributed by atoms with Gasteiger partial charge >= 0.3 is 12.1 Å². The van der Waals surface area contributed by atoms with Gasteiger partial charge in [-0.05, 0) is 44.2 Å². The minimum absolute atomic E-state index is 0.0792. The van der Waals surface area contributed by atoms with E-state index in [9.17, 15) is 22.8 Å². The number of nitrogens with zero attached hydrogens (tertiary/aromatic N) is 3. The summed E-state index contributed by atoms with van der Waals surface area (Å²) in [5.41, 5.74) is 0.866. The molecule has 1 amide bonds. The molecule has 2 aromatic carbocycles. The molecule has 7 nitrogen and oxygen atoms in total. The third-order valence-corrected chi connectivity index (χ3v) is 5.88. The van der Waals surface area contributed by atoms with Crippen LogP contribution >= 0.6 is 0 Å². The van der Waals surface area contributed by atoms with E-state index in [1.54, 1.807) is 11.0 Å². The summed E-state index contributed by atoms with van der Waals surface area (Å²) in [6.07, 6.45) is -4.86. The number of aryl methyl sites for hydroxylation is 1. The first-order chi connectivity index (χ1) is 16.1. The van der Waals surface area contributed by atoms with Gasteiger partial charge in [-0.2, -0.15) is 13.2 Å². The van der Waals surface area contributed by atoms with Crippen molar-refractivity contribution in [2.45, 2.75) is 32.5 Å². The highest BCUT2D eigenvalue weighted by molar-refractivity contribution is 6.04. The van der Waals surface area contributed by atoms with Crippen LogP contribution in [-0.4, -0.2) is 60.3 Å². The Morgan fingerprint density at radius 1 is 1.15 bits per heavy atom. The highest BCUT2D eigenvalue weighted by Crippen LogP contribution is 2.42. The van der Waals surface area contributed by atoms with Crippen molar-refractivity contribution in [1.82, 2.24) is 9.80 Å². The minimum atomic E-state index is -4.51. The Morgan fingerprint density at radius 2 is 1.88 bits per heavy atom. The first-order valence-electron chi connectivity index (χ1n) is 10.8. The smallest absolute Gasteiger partial charge is 0.416 e. The summed E-state index contributed by atoms with van der Waals surface area (Å²) >= 11 is 0. The number of esters is 1. The van der Waals surface area contributed by atoms with Crippen LogP contribution in [0.15, 0.2) is 41.4 Å². The van der Waals surface area contributed by atoms with Crippen LogP contribution in [0.2, 0.25) is 0 Å². The van der Waals surface area contributed by atoms with E-state index >= 15 is 0 Å². The normalized spacial score (nSPS) is 17.7. The van der Waals surface area contributed by atoms with Gasteiger partial charge in [0.05, 0.1) is 18.2 Å². The molecule has 1 atom stereocenters. The predicted molar refractivity (Wildman–Crippen MR) is 118 cm³/mol. The molecule has 1 saturated heterocycles. The van der Waals surface area contributed by atoms with Gasteiger partial charge < -0.3 is 19.3 Å². The molecule has 2 heterocycles. The molecular weight excluding hydrogens is 451 g/mol. The second-order valence-electron chi connectivity index (χ2n) is 8.35. The quantitative estimate of drug-likeness (QED) is 0.479. The van der Waals surface area contributed by atoms with E-state index in [4.69, 9.17) is 4.74 Å². The number of ether oxygens (including phenoxy) is 2. The molecule has 1 unspecified atom stereocenters. The molecule has 0 aliphatic carbocycles. The van der Waals surface area contributed by atoms with Gasteiger partial charge in [-0.3, -0.25) is 9.59 Å². The Morgan fingerprint density at radius 3 is 2.56 bits per heavy atom. The molecule has 0 spiro atoms. The van der Waals surface area contributed by atoms with Crippen LogP contribution in [-0.2, 0) is 20.5 Å². The van der Waals surface area contributed by atoms with Crippen LogP contribution in [0.4, 0.5) is 18.9 Å². The molecule has 4 rings (SSSR count). The average molecular weight is 475 g/mol. The number of aliphatic imine (C=N–C) groups is 1. The first kappa shape index (κ1) is 23.6. The number of fused-ring (bicyclic) bond motifs is 2. The Balaban J connectivity index is 1.70. The van der Waals surface area contributed by atoms with Crippen LogP contribution in [0.25, 0.3) is 0 Å². The molecule has 2 aromatic rings. The van der Waals surface area contributed by atoms with Crippen molar-refractivity contribution in [2.75, 3.05) is 26.7 Å². The number of hydrogen-bond acceptors (Lipinski definition) is 6. The molecule has 0 radical (unpaired) electrons. The van der Waals surface area contributed by atoms with Gasteiger partial charge in [0.2, 0.25) is 5.91 Å². The van der Waals surface area contributed by atoms with Crippen LogP contribution in [0.3, 0.4) is 0 Å². The van der Waals surface area contributed by atoms with Gasteiger partial charge in [-0.1, -0.05) is 11.6 Å². The lowest BCUT2D eigenvalue weighted by atomic mass is 10.1. The molecule has 0 bridgehead atoms. The summed E-state index contributed by atoms with van der Waals surface area (Å²) in [7, 11) is 1.23. The summed E-state index contributed by atoms with van der Waals surface area (Å²) in [5, 5.41) is 0. The van der Waals surface area contributed by atoms with Crippen LogP contribution in [0, 0.1) is 6.92 Å². The molecule has 1 fully saturated rings. The zero-order valence-electron chi connectivity index (χ0n) is 19.0. The molecular formula is C24H24F3N3O4. The first-order valence-corrected chi connectivity index (χ1v) is 10.8. The largest absolute Gasteiger partial charge is 0.469 e. The molecule has 0 N–H and O–H groups in total. The van der Waals surface area contributed by atoms with E-state index in [1.807, 2.05) is 30.9 Å². The van der Waals surface area contributed by atoms with E-state index in [0.717, 1.165) is 17.7 Å². The molecule has 0 saturated carbocycles. The number of methoxy groups -OCH3 is 1. The minimum Gasteiger partial charge on any atom is -0.469 e. The standard InChI is InChI=1S/C24H24F3N3O4/c1-14-4-6-19-17(10-14)23(28-18-11-16(24(25,26)27)5-7-20(18)34-19)29-8-9-30(15(2)13-29)21(31)12-22(32)33-3/h4-7,10-11,15H,8-9,12-13H2,1-3H3. The summed E-state index contributed by atoms with van der Waals surface area (Å²) in [6, 6.07) is 8.48. The Labute approximate surface area is 194 Å². The average Bonchev–Trinajstić information content (AvgIpc) is 2.94. The molecule has 10 heteroatoms. The summed E-state index contributed by atoms with van der Waals surface area (Å²) in [5.74, 6) is 0.254. The lowest BCUT2D eigenvalue weighted by Crippen LogP contribution is -2.55. The van der Waals surface area contributed by atoms with Crippen molar-refractivity contribution in [3.05, 3.63) is 53.1 Å². The van der Waals surface area contributed by atoms with Gasteiger partial charge in [0, 0.05) is 25.7 Å². The van der Waals surface area contributed by atoms with Crippen molar-refractivity contribution in [2.24, 2.45) is 4.99 Å². The molecule has 0 aromatic heterocycles. The fourth-order valence-electron chi connectivity index (χ4n) is 4.13. The van der Waals surface area contributed by atoms with Gasteiger partial charge in [0.1, 0.15) is 23.7 Å². The summed E-state index contributed by atoms with van der Waals surface area (Å²) in [6.45, 7) is 4.85. The molecule has 34 heavy (non-hydrogen) atoms. The lowest BCUT2D eigenvalue weighted by Gasteiger charge is -2.41. The fourth-order valence-corrected chi connectivity index (χ4v) is 4.13. The van der Waals surface area contributed by atoms with E-state index in [0.29, 0.717) is 36.8 Å². The fraction of sp³-hybridized carbons (Fsp3) is 0.375. The van der Waals surface area contributed by atoms with Crippen molar-refractivity contribution in [3.63, 3.8) is 0 Å². The third-order valence-electron chi connectivity index (χ3n) is 5.88. The Kier molecular flexibility index (Phi) is 6.24. The predicted octanol–water partition coefficient (Wildman–Crippen LogP) is 4.29. The Hall–Kier alpha value is -3.56. The number of carbonyl (C=O) groups excluding carboxylic acids is 2. The van der Waals surface area contributed by atoms with E-state index in [2.05, 4.69) is 9.73 Å². The molecule has 2 aliphatic rings. The maximum atomic E-state index is 13.3. The van der Waals surface area contributed by atoms with Gasteiger partial charge in [0.25, 0.3) is 0 Å². The highest BCUT2D eigenvalue weighted by Gasteiger charge is 2.34. The topological polar surface area (TPSA) is 71.4 Å². The van der Waals surface area contributed by atoms with E-state index < -0.39 is 17.7 Å². The Bertz CT molecular complexity index is 1160. The highest BCUT2D eigenvalue weighted by atomic mass is 19.4. The number of amides is 1. The van der Waals surface area contributed by atoms with Crippen LogP contribution in [0.1, 0.15) is 30.0 Å². The molecule has 2 aliphatic heterocycles. The van der Waals surface area contributed by atoms with Gasteiger partial charge in [0.15, 0.2) is 5.75 Å². The number of rotatable bonds is 2. The number of carbonyl (C=O) groups is 2.